The summed E-state index contributed by atoms with van der Waals surface area (Å²) in [5, 5.41) is 19.7. The smallest absolute Gasteiger partial charge is 0.243 e. The number of amides is 8. The van der Waals surface area contributed by atoms with Crippen LogP contribution >= 0.6 is 0 Å². The predicted molar refractivity (Wildman–Crippen MR) is 276 cm³/mol. The summed E-state index contributed by atoms with van der Waals surface area (Å²) in [6, 6.07) is -7.36. The molecule has 20 heteroatoms. The van der Waals surface area contributed by atoms with Crippen molar-refractivity contribution in [3.63, 3.8) is 0 Å². The summed E-state index contributed by atoms with van der Waals surface area (Å²) < 4.78 is 0. The number of rotatable bonds is 42. The maximum Gasteiger partial charge on any atom is 0.243 e. The molecular formula is C50H98N12O8. The lowest BCUT2D eigenvalue weighted by atomic mass is 9.98. The van der Waals surface area contributed by atoms with Gasteiger partial charge in [-0.05, 0) is 147 Å². The molecule has 0 bridgehead atoms. The molecule has 0 radical (unpaired) electrons. The van der Waals surface area contributed by atoms with Crippen molar-refractivity contribution < 1.29 is 38.4 Å². The van der Waals surface area contributed by atoms with Gasteiger partial charge in [-0.3, -0.25) is 38.4 Å². The molecule has 7 atom stereocenters. The van der Waals surface area contributed by atoms with Crippen LogP contribution in [0.4, 0.5) is 0 Å². The van der Waals surface area contributed by atoms with Crippen molar-refractivity contribution >= 4 is 47.3 Å². The van der Waals surface area contributed by atoms with Gasteiger partial charge in [0.25, 0.3) is 0 Å². The van der Waals surface area contributed by atoms with E-state index in [0.717, 1.165) is 25.7 Å². The quantitative estimate of drug-likeness (QED) is 0.0390. The topological polar surface area (TPSA) is 351 Å². The summed E-state index contributed by atoms with van der Waals surface area (Å²) in [5.74, 6) is -4.70. The second kappa shape index (κ2) is 39.2. The zero-order chi connectivity index (χ0) is 53.0. The second-order valence-electron chi connectivity index (χ2n) is 20.1. The first-order valence-electron chi connectivity index (χ1n) is 26.5. The third-order valence-corrected chi connectivity index (χ3v) is 11.9. The average molecular weight is 995 g/mol. The number of carbonyl (C=O) groups is 8. The molecule has 0 aromatic heterocycles. The van der Waals surface area contributed by atoms with Crippen LogP contribution in [0.1, 0.15) is 183 Å². The average Bonchev–Trinajstić information content (AvgIpc) is 3.28. The van der Waals surface area contributed by atoms with Gasteiger partial charge in [-0.15, -0.1) is 0 Å². The van der Waals surface area contributed by atoms with Crippen molar-refractivity contribution in [2.75, 3.05) is 26.2 Å². The normalized spacial score (nSPS) is 14.4. The Bertz CT molecular complexity index is 1530. The van der Waals surface area contributed by atoms with Crippen LogP contribution in [0.5, 0.6) is 0 Å². The van der Waals surface area contributed by atoms with E-state index in [4.69, 9.17) is 28.7 Å². The van der Waals surface area contributed by atoms with Crippen LogP contribution in [0.15, 0.2) is 0 Å². The third kappa shape index (κ3) is 30.4. The molecule has 0 spiro atoms. The van der Waals surface area contributed by atoms with Gasteiger partial charge >= 0.3 is 0 Å². The minimum atomic E-state index is -1.13. The number of hydrogen-bond donors (Lipinski definition) is 12. The van der Waals surface area contributed by atoms with Gasteiger partial charge in [0.05, 0.1) is 0 Å². The van der Waals surface area contributed by atoms with Crippen LogP contribution in [0, 0.1) is 17.8 Å². The Balaban J connectivity index is 6.55. The fourth-order valence-corrected chi connectivity index (χ4v) is 7.96. The summed E-state index contributed by atoms with van der Waals surface area (Å²) >= 11 is 0. The maximum absolute atomic E-state index is 14.3. The lowest BCUT2D eigenvalue weighted by Crippen LogP contribution is -2.60. The highest BCUT2D eigenvalue weighted by atomic mass is 16.2. The number of hydrogen-bond acceptors (Lipinski definition) is 12. The van der Waals surface area contributed by atoms with E-state index in [1.54, 1.807) is 0 Å². The molecule has 0 aromatic carbocycles. The largest absolute Gasteiger partial charge is 0.368 e. The number of carbonyl (C=O) groups excluding carboxylic acids is 8. The van der Waals surface area contributed by atoms with E-state index in [1.165, 1.54) is 0 Å². The maximum atomic E-state index is 14.3. The van der Waals surface area contributed by atoms with Crippen LogP contribution in [0.25, 0.3) is 0 Å². The van der Waals surface area contributed by atoms with E-state index in [9.17, 15) is 38.4 Å². The molecule has 8 amide bonds. The Kier molecular flexibility index (Phi) is 36.8. The molecule has 20 nitrogen and oxygen atoms in total. The fraction of sp³-hybridized carbons (Fsp3) is 0.840. The van der Waals surface area contributed by atoms with Crippen LogP contribution in [0.2, 0.25) is 0 Å². The Morgan fingerprint density at radius 1 is 0.343 bits per heavy atom. The Morgan fingerprint density at radius 3 is 0.914 bits per heavy atom. The minimum Gasteiger partial charge on any atom is -0.368 e. The van der Waals surface area contributed by atoms with Gasteiger partial charge in [-0.2, -0.15) is 0 Å². The van der Waals surface area contributed by atoms with Gasteiger partial charge in [0, 0.05) is 6.42 Å². The Morgan fingerprint density at radius 2 is 0.614 bits per heavy atom. The van der Waals surface area contributed by atoms with Crippen molar-refractivity contribution in [2.45, 2.75) is 226 Å². The molecule has 0 unspecified atom stereocenters. The lowest BCUT2D eigenvalue weighted by Gasteiger charge is -2.29. The second-order valence-corrected chi connectivity index (χ2v) is 20.1. The molecule has 0 saturated carbocycles. The van der Waals surface area contributed by atoms with Crippen molar-refractivity contribution in [3.8, 4) is 0 Å². The highest BCUT2D eigenvalue weighted by Crippen LogP contribution is 2.14. The Hall–Kier alpha value is -4.40. The van der Waals surface area contributed by atoms with Crippen LogP contribution in [-0.2, 0) is 38.4 Å². The van der Waals surface area contributed by atoms with Crippen molar-refractivity contribution in [3.05, 3.63) is 0 Å². The molecule has 0 aliphatic carbocycles. The van der Waals surface area contributed by atoms with E-state index < -0.39 is 83.6 Å². The first-order valence-corrected chi connectivity index (χ1v) is 26.5. The number of nitrogens with two attached hydrogens (primary N) is 5. The Labute approximate surface area is 419 Å². The number of primary amides is 1. The summed E-state index contributed by atoms with van der Waals surface area (Å²) in [6.45, 7) is 15.0. The van der Waals surface area contributed by atoms with E-state index in [-0.39, 0.29) is 62.2 Å². The molecule has 70 heavy (non-hydrogen) atoms. The lowest BCUT2D eigenvalue weighted by molar-refractivity contribution is -0.136. The molecule has 0 heterocycles. The van der Waals surface area contributed by atoms with Gasteiger partial charge in [-0.25, -0.2) is 0 Å². The monoisotopic (exact) mass is 995 g/mol. The number of nitrogens with one attached hydrogen (secondary N) is 7. The minimum absolute atomic E-state index is 0.0565. The predicted octanol–water partition coefficient (Wildman–Crippen LogP) is 1.88. The van der Waals surface area contributed by atoms with Crippen LogP contribution in [0.3, 0.4) is 0 Å². The zero-order valence-corrected chi connectivity index (χ0v) is 44.1. The first kappa shape index (κ1) is 65.6. The molecule has 0 aliphatic heterocycles. The highest BCUT2D eigenvalue weighted by molar-refractivity contribution is 5.97. The summed E-state index contributed by atoms with van der Waals surface area (Å²) in [4.78, 5) is 109. The molecular weight excluding hydrogens is 897 g/mol. The summed E-state index contributed by atoms with van der Waals surface area (Å²) in [7, 11) is 0. The van der Waals surface area contributed by atoms with Gasteiger partial charge in [-0.1, -0.05) is 74.1 Å². The van der Waals surface area contributed by atoms with Crippen LogP contribution in [-0.4, -0.2) is 116 Å². The standard InChI is InChI=1S/C50H98N12O8/c1-8-9-10-11-12-25-43(63)56-40(30-33(2)3)48(68)59-38(23-15-19-28-53)46(66)58-39(24-16-20-29-54)47(67)61-42(32-35(6)7)50(70)62-41(31-34(4)5)49(69)60-37(22-14-18-27-52)45(65)57-36(44(55)64)21-13-17-26-51/h33-42H,8-32,51-54H2,1-7H3,(H2,55,64)(H,56,63)(H,57,65)(H,58,66)(H,59,68)(H,60,69)(H,61,67)(H,62,70)/t36-,37-,38-,39-,40-,41-,42-/m0/s1. The third-order valence-electron chi connectivity index (χ3n) is 11.9. The zero-order valence-electron chi connectivity index (χ0n) is 44.1. The van der Waals surface area contributed by atoms with Gasteiger partial charge < -0.3 is 65.9 Å². The van der Waals surface area contributed by atoms with Crippen molar-refractivity contribution in [1.82, 2.24) is 37.2 Å². The van der Waals surface area contributed by atoms with Crippen molar-refractivity contribution in [2.24, 2.45) is 46.4 Å². The van der Waals surface area contributed by atoms with Crippen LogP contribution < -0.4 is 65.9 Å². The molecule has 0 fully saturated rings. The SMILES string of the molecule is CCCCCCCC(=O)N[C@@H](CC(C)C)C(=O)N[C@@H](CCCCN)C(=O)N[C@@H](CCCCN)C(=O)N[C@@H](CC(C)C)C(=O)N[C@@H](CC(C)C)C(=O)N[C@@H](CCCCN)C(=O)N[C@@H](CCCCN)C(N)=O. The molecule has 0 rings (SSSR count). The fourth-order valence-electron chi connectivity index (χ4n) is 7.96. The van der Waals surface area contributed by atoms with Gasteiger partial charge in [0.2, 0.25) is 47.3 Å². The highest BCUT2D eigenvalue weighted by Gasteiger charge is 2.34. The van der Waals surface area contributed by atoms with Gasteiger partial charge in [0.1, 0.15) is 42.3 Å². The summed E-state index contributed by atoms with van der Waals surface area (Å²) in [6.07, 6.45) is 11.1. The molecule has 17 N–H and O–H groups in total. The molecule has 0 aromatic rings. The van der Waals surface area contributed by atoms with Gasteiger partial charge in [0.15, 0.2) is 0 Å². The van der Waals surface area contributed by atoms with E-state index in [0.29, 0.717) is 96.8 Å². The van der Waals surface area contributed by atoms with E-state index in [2.05, 4.69) is 44.1 Å². The first-order chi connectivity index (χ1) is 33.2. The van der Waals surface area contributed by atoms with Crippen molar-refractivity contribution in [1.29, 1.82) is 0 Å². The molecule has 0 aliphatic rings. The molecule has 0 saturated heterocycles. The van der Waals surface area contributed by atoms with E-state index >= 15 is 0 Å². The number of unbranched alkanes of at least 4 members (excludes halogenated alkanes) is 8. The summed E-state index contributed by atoms with van der Waals surface area (Å²) in [5.41, 5.74) is 28.5. The molecule has 406 valence electrons. The van der Waals surface area contributed by atoms with E-state index in [1.807, 2.05) is 41.5 Å².